The van der Waals surface area contributed by atoms with E-state index in [1.807, 2.05) is 6.07 Å². The van der Waals surface area contributed by atoms with Crippen LogP contribution < -0.4 is 10.2 Å². The summed E-state index contributed by atoms with van der Waals surface area (Å²) in [5, 5.41) is 3.55. The fraction of sp³-hybridized carbons (Fsp3) is 0.227. The first-order valence-electron chi connectivity index (χ1n) is 9.73. The molecule has 2 heterocycles. The van der Waals surface area contributed by atoms with E-state index in [1.165, 1.54) is 23.9 Å². The van der Waals surface area contributed by atoms with Crippen LogP contribution in [0.1, 0.15) is 15.9 Å². The van der Waals surface area contributed by atoms with Crippen LogP contribution in [0.15, 0.2) is 59.8 Å². The highest BCUT2D eigenvalue weighted by molar-refractivity contribution is 7.98. The van der Waals surface area contributed by atoms with Gasteiger partial charge >= 0.3 is 0 Å². The number of hydrogen-bond acceptors (Lipinski definition) is 6. The van der Waals surface area contributed by atoms with E-state index < -0.39 is 5.82 Å². The van der Waals surface area contributed by atoms with Crippen LogP contribution >= 0.6 is 23.4 Å². The van der Waals surface area contributed by atoms with Gasteiger partial charge in [0.15, 0.2) is 5.16 Å². The summed E-state index contributed by atoms with van der Waals surface area (Å²) in [5.41, 5.74) is 1.51. The number of benzene rings is 2. The Labute approximate surface area is 188 Å². The number of rotatable bonds is 6. The van der Waals surface area contributed by atoms with Gasteiger partial charge in [0, 0.05) is 30.5 Å². The predicted octanol–water partition coefficient (Wildman–Crippen LogP) is 4.65. The SMILES string of the molecule is O=C(Nc1ccccc1F)c1cccc(CSc2nc(Cl)cc(N3CCOCC3)n2)c1. The van der Waals surface area contributed by atoms with Gasteiger partial charge in [-0.05, 0) is 29.8 Å². The molecule has 0 radical (unpaired) electrons. The summed E-state index contributed by atoms with van der Waals surface area (Å²) in [6.45, 7) is 2.84. The number of amides is 1. The number of aromatic nitrogens is 2. The van der Waals surface area contributed by atoms with Crippen LogP contribution in [0, 0.1) is 5.82 Å². The minimum Gasteiger partial charge on any atom is -0.378 e. The number of hydrogen-bond donors (Lipinski definition) is 1. The molecule has 1 N–H and O–H groups in total. The Kier molecular flexibility index (Phi) is 7.01. The van der Waals surface area contributed by atoms with Crippen LogP contribution in [0.5, 0.6) is 0 Å². The molecule has 31 heavy (non-hydrogen) atoms. The first-order valence-corrected chi connectivity index (χ1v) is 11.1. The van der Waals surface area contributed by atoms with Crippen molar-refractivity contribution >= 4 is 40.8 Å². The van der Waals surface area contributed by atoms with Gasteiger partial charge in [0.25, 0.3) is 5.91 Å². The fourth-order valence-electron chi connectivity index (χ4n) is 3.11. The Bertz CT molecular complexity index is 1080. The molecule has 6 nitrogen and oxygen atoms in total. The van der Waals surface area contributed by atoms with Crippen molar-refractivity contribution in [3.05, 3.63) is 76.7 Å². The Hall–Kier alpha value is -2.68. The van der Waals surface area contributed by atoms with Crippen molar-refractivity contribution in [1.82, 2.24) is 9.97 Å². The fourth-order valence-corrected chi connectivity index (χ4v) is 4.14. The van der Waals surface area contributed by atoms with E-state index in [0.717, 1.165) is 24.5 Å². The molecule has 4 rings (SSSR count). The highest BCUT2D eigenvalue weighted by Gasteiger charge is 2.15. The first kappa shape index (κ1) is 21.5. The van der Waals surface area contributed by atoms with Crippen LogP contribution in [0.4, 0.5) is 15.9 Å². The van der Waals surface area contributed by atoms with E-state index >= 15 is 0 Å². The van der Waals surface area contributed by atoms with E-state index in [0.29, 0.717) is 34.8 Å². The lowest BCUT2D eigenvalue weighted by atomic mass is 10.1. The summed E-state index contributed by atoms with van der Waals surface area (Å²) in [5.74, 6) is 0.495. The maximum atomic E-state index is 13.8. The molecule has 1 amide bonds. The molecule has 1 saturated heterocycles. The summed E-state index contributed by atoms with van der Waals surface area (Å²) in [6.07, 6.45) is 0. The largest absolute Gasteiger partial charge is 0.378 e. The Morgan fingerprint density at radius 2 is 1.94 bits per heavy atom. The maximum Gasteiger partial charge on any atom is 0.255 e. The standard InChI is InChI=1S/C22H20ClFN4O2S/c23-19-13-20(28-8-10-30-11-9-28)27-22(26-19)31-14-15-4-3-5-16(12-15)21(29)25-18-7-2-1-6-17(18)24/h1-7,12-13H,8-11,14H2,(H,25,29). The molecule has 0 bridgehead atoms. The van der Waals surface area contributed by atoms with Crippen molar-refractivity contribution in [2.24, 2.45) is 0 Å². The molecule has 1 fully saturated rings. The van der Waals surface area contributed by atoms with Crippen LogP contribution in [0.2, 0.25) is 5.15 Å². The molecule has 0 aliphatic carbocycles. The van der Waals surface area contributed by atoms with Gasteiger partial charge in [-0.1, -0.05) is 47.6 Å². The third kappa shape index (κ3) is 5.72. The van der Waals surface area contributed by atoms with E-state index in [2.05, 4.69) is 20.2 Å². The van der Waals surface area contributed by atoms with Crippen molar-refractivity contribution in [3.8, 4) is 0 Å². The number of anilines is 2. The van der Waals surface area contributed by atoms with Gasteiger partial charge in [0.05, 0.1) is 18.9 Å². The van der Waals surface area contributed by atoms with Crippen LogP contribution in [-0.2, 0) is 10.5 Å². The summed E-state index contributed by atoms with van der Waals surface area (Å²) in [4.78, 5) is 23.6. The van der Waals surface area contributed by atoms with E-state index in [1.54, 1.807) is 36.4 Å². The highest BCUT2D eigenvalue weighted by atomic mass is 35.5. The normalized spacial score (nSPS) is 13.8. The number of nitrogens with zero attached hydrogens (tertiary/aromatic N) is 3. The molecular weight excluding hydrogens is 439 g/mol. The van der Waals surface area contributed by atoms with Gasteiger partial charge in [-0.3, -0.25) is 4.79 Å². The lowest BCUT2D eigenvalue weighted by Gasteiger charge is -2.27. The van der Waals surface area contributed by atoms with Crippen LogP contribution in [0.3, 0.4) is 0 Å². The summed E-state index contributed by atoms with van der Waals surface area (Å²) >= 11 is 7.64. The minimum atomic E-state index is -0.475. The van der Waals surface area contributed by atoms with Gasteiger partial charge in [0.1, 0.15) is 16.8 Å². The Morgan fingerprint density at radius 1 is 1.13 bits per heavy atom. The number of para-hydroxylation sites is 1. The Morgan fingerprint density at radius 3 is 2.74 bits per heavy atom. The van der Waals surface area contributed by atoms with Crippen LogP contribution in [0.25, 0.3) is 0 Å². The zero-order valence-corrected chi connectivity index (χ0v) is 18.1. The molecule has 0 atom stereocenters. The summed E-state index contributed by atoms with van der Waals surface area (Å²) in [6, 6.07) is 15.0. The third-order valence-corrected chi connectivity index (χ3v) is 5.79. The van der Waals surface area contributed by atoms with Crippen molar-refractivity contribution in [1.29, 1.82) is 0 Å². The molecule has 0 spiro atoms. The summed E-state index contributed by atoms with van der Waals surface area (Å²) in [7, 11) is 0. The molecular formula is C22H20ClFN4O2S. The van der Waals surface area contributed by atoms with E-state index in [4.69, 9.17) is 16.3 Å². The second-order valence-electron chi connectivity index (χ2n) is 6.85. The van der Waals surface area contributed by atoms with Gasteiger partial charge in [-0.2, -0.15) is 0 Å². The van der Waals surface area contributed by atoms with Gasteiger partial charge in [0.2, 0.25) is 0 Å². The second kappa shape index (κ2) is 10.1. The number of carbonyl (C=O) groups is 1. The molecule has 1 aromatic heterocycles. The molecule has 0 saturated carbocycles. The summed E-state index contributed by atoms with van der Waals surface area (Å²) < 4.78 is 19.2. The number of ether oxygens (including phenoxy) is 1. The molecule has 2 aromatic carbocycles. The highest BCUT2D eigenvalue weighted by Crippen LogP contribution is 2.25. The molecule has 3 aromatic rings. The predicted molar refractivity (Wildman–Crippen MR) is 120 cm³/mol. The van der Waals surface area contributed by atoms with Crippen molar-refractivity contribution < 1.29 is 13.9 Å². The number of halogens is 2. The number of thioether (sulfide) groups is 1. The number of nitrogens with one attached hydrogen (secondary N) is 1. The Balaban J connectivity index is 1.43. The maximum absolute atomic E-state index is 13.8. The first-order chi connectivity index (χ1) is 15.1. The monoisotopic (exact) mass is 458 g/mol. The van der Waals surface area contributed by atoms with E-state index in [9.17, 15) is 9.18 Å². The molecule has 160 valence electrons. The third-order valence-electron chi connectivity index (χ3n) is 4.68. The number of morpholine rings is 1. The van der Waals surface area contributed by atoms with E-state index in [-0.39, 0.29) is 11.6 Å². The van der Waals surface area contributed by atoms with Crippen molar-refractivity contribution in [3.63, 3.8) is 0 Å². The smallest absolute Gasteiger partial charge is 0.255 e. The van der Waals surface area contributed by atoms with Crippen molar-refractivity contribution in [2.45, 2.75) is 10.9 Å². The quantitative estimate of drug-likeness (QED) is 0.329. The van der Waals surface area contributed by atoms with Gasteiger partial charge < -0.3 is 15.0 Å². The lowest BCUT2D eigenvalue weighted by molar-refractivity contribution is 0.102. The van der Waals surface area contributed by atoms with Crippen molar-refractivity contribution in [2.75, 3.05) is 36.5 Å². The lowest BCUT2D eigenvalue weighted by Crippen LogP contribution is -2.36. The second-order valence-corrected chi connectivity index (χ2v) is 8.18. The topological polar surface area (TPSA) is 67.4 Å². The average molecular weight is 459 g/mol. The molecule has 0 unspecified atom stereocenters. The number of carbonyl (C=O) groups excluding carboxylic acids is 1. The zero-order chi connectivity index (χ0) is 21.6. The molecule has 1 aliphatic rings. The van der Waals surface area contributed by atoms with Gasteiger partial charge in [-0.25, -0.2) is 14.4 Å². The van der Waals surface area contributed by atoms with Crippen LogP contribution in [-0.4, -0.2) is 42.2 Å². The average Bonchev–Trinajstić information content (AvgIpc) is 2.79. The minimum absolute atomic E-state index is 0.148. The molecule has 9 heteroatoms. The zero-order valence-electron chi connectivity index (χ0n) is 16.6. The van der Waals surface area contributed by atoms with Gasteiger partial charge in [-0.15, -0.1) is 0 Å². The molecule has 1 aliphatic heterocycles.